The van der Waals surface area contributed by atoms with Crippen LogP contribution in [0.1, 0.15) is 58.3 Å². The lowest BCUT2D eigenvalue weighted by Crippen LogP contribution is -2.43. The molecule has 5 heteroatoms. The summed E-state index contributed by atoms with van der Waals surface area (Å²) in [7, 11) is 0. The first-order valence-corrected chi connectivity index (χ1v) is 8.31. The molecular weight excluding hydrogens is 268 g/mol. The molecule has 2 amide bonds. The minimum atomic E-state index is -0.726. The second-order valence-electron chi connectivity index (χ2n) is 6.76. The summed E-state index contributed by atoms with van der Waals surface area (Å²) >= 11 is 0. The molecule has 0 aliphatic heterocycles. The first-order valence-electron chi connectivity index (χ1n) is 8.31. The molecule has 2 saturated carbocycles. The van der Waals surface area contributed by atoms with Crippen LogP contribution >= 0.6 is 0 Å². The Kier molecular flexibility index (Phi) is 5.48. The molecule has 0 spiro atoms. The van der Waals surface area contributed by atoms with Gasteiger partial charge in [-0.05, 0) is 43.4 Å². The van der Waals surface area contributed by atoms with E-state index in [1.165, 1.54) is 25.7 Å². The van der Waals surface area contributed by atoms with Crippen molar-refractivity contribution in [3.8, 4) is 0 Å². The van der Waals surface area contributed by atoms with Gasteiger partial charge in [-0.2, -0.15) is 0 Å². The smallest absolute Gasteiger partial charge is 0.314 e. The average Bonchev–Trinajstić information content (AvgIpc) is 3.12. The number of amides is 2. The van der Waals surface area contributed by atoms with E-state index in [4.69, 9.17) is 5.11 Å². The summed E-state index contributed by atoms with van der Waals surface area (Å²) < 4.78 is 0. The lowest BCUT2D eigenvalue weighted by molar-refractivity contribution is -0.142. The van der Waals surface area contributed by atoms with E-state index in [0.29, 0.717) is 6.54 Å². The standard InChI is InChI=1S/C16H28N2O3/c1-2-16(8-3-4-9-16)11-18-15(21)17-10-12-6-5-7-13(12)14(19)20/h12-13H,2-11H2,1H3,(H,19,20)(H2,17,18,21). The monoisotopic (exact) mass is 296 g/mol. The molecule has 21 heavy (non-hydrogen) atoms. The maximum absolute atomic E-state index is 11.9. The number of aliphatic carboxylic acids is 1. The van der Waals surface area contributed by atoms with E-state index in [0.717, 1.165) is 32.2 Å². The minimum absolute atomic E-state index is 0.0832. The molecule has 120 valence electrons. The fourth-order valence-corrected chi connectivity index (χ4v) is 3.94. The van der Waals surface area contributed by atoms with E-state index in [1.807, 2.05) is 0 Å². The zero-order valence-electron chi connectivity index (χ0n) is 13.0. The van der Waals surface area contributed by atoms with Crippen molar-refractivity contribution in [1.29, 1.82) is 0 Å². The Labute approximate surface area is 126 Å². The molecule has 2 aliphatic rings. The van der Waals surface area contributed by atoms with Gasteiger partial charge in [0.25, 0.3) is 0 Å². The number of rotatable bonds is 6. The Morgan fingerprint density at radius 1 is 1.14 bits per heavy atom. The predicted octanol–water partition coefficient (Wildman–Crippen LogP) is 2.76. The number of carboxylic acid groups (broad SMARTS) is 1. The van der Waals surface area contributed by atoms with Crippen molar-refractivity contribution in [1.82, 2.24) is 10.6 Å². The average molecular weight is 296 g/mol. The molecule has 0 aromatic rings. The molecule has 5 nitrogen and oxygen atoms in total. The largest absolute Gasteiger partial charge is 0.481 e. The van der Waals surface area contributed by atoms with Gasteiger partial charge in [-0.3, -0.25) is 4.79 Å². The number of hydrogen-bond donors (Lipinski definition) is 3. The number of carbonyl (C=O) groups excluding carboxylic acids is 1. The minimum Gasteiger partial charge on any atom is -0.481 e. The summed E-state index contributed by atoms with van der Waals surface area (Å²) in [6.07, 6.45) is 8.62. The molecular formula is C16H28N2O3. The molecule has 0 bridgehead atoms. The first-order chi connectivity index (χ1) is 10.1. The molecule has 0 radical (unpaired) electrons. The first kappa shape index (κ1) is 16.1. The second kappa shape index (κ2) is 7.14. The summed E-state index contributed by atoms with van der Waals surface area (Å²) in [4.78, 5) is 23.0. The Bertz CT molecular complexity index is 378. The maximum Gasteiger partial charge on any atom is 0.314 e. The molecule has 2 fully saturated rings. The summed E-state index contributed by atoms with van der Waals surface area (Å²) in [5, 5.41) is 15.0. The van der Waals surface area contributed by atoms with Crippen molar-refractivity contribution in [2.24, 2.45) is 17.3 Å². The van der Waals surface area contributed by atoms with E-state index < -0.39 is 5.97 Å². The molecule has 0 heterocycles. The Balaban J connectivity index is 1.71. The van der Waals surface area contributed by atoms with Gasteiger partial charge in [0.15, 0.2) is 0 Å². The highest BCUT2D eigenvalue weighted by atomic mass is 16.4. The van der Waals surface area contributed by atoms with Crippen LogP contribution in [-0.2, 0) is 4.79 Å². The van der Waals surface area contributed by atoms with E-state index >= 15 is 0 Å². The van der Waals surface area contributed by atoms with Gasteiger partial charge in [-0.25, -0.2) is 4.79 Å². The third kappa shape index (κ3) is 4.11. The highest BCUT2D eigenvalue weighted by Gasteiger charge is 2.34. The normalized spacial score (nSPS) is 27.5. The zero-order chi connectivity index (χ0) is 15.3. The molecule has 2 atom stereocenters. The molecule has 0 saturated heterocycles. The fourth-order valence-electron chi connectivity index (χ4n) is 3.94. The van der Waals surface area contributed by atoms with Gasteiger partial charge in [0, 0.05) is 13.1 Å². The van der Waals surface area contributed by atoms with Gasteiger partial charge in [0.2, 0.25) is 0 Å². The topological polar surface area (TPSA) is 78.4 Å². The quantitative estimate of drug-likeness (QED) is 0.705. The van der Waals surface area contributed by atoms with Crippen LogP contribution in [0.4, 0.5) is 4.79 Å². The molecule has 0 aromatic heterocycles. The van der Waals surface area contributed by atoms with Crippen LogP contribution in [0.2, 0.25) is 0 Å². The number of carboxylic acids is 1. The van der Waals surface area contributed by atoms with Crippen LogP contribution in [-0.4, -0.2) is 30.2 Å². The van der Waals surface area contributed by atoms with Gasteiger partial charge in [-0.1, -0.05) is 26.2 Å². The van der Waals surface area contributed by atoms with Crippen LogP contribution in [0.3, 0.4) is 0 Å². The predicted molar refractivity (Wildman–Crippen MR) is 81.1 cm³/mol. The Morgan fingerprint density at radius 3 is 2.48 bits per heavy atom. The molecule has 2 unspecified atom stereocenters. The van der Waals surface area contributed by atoms with Crippen molar-refractivity contribution in [3.63, 3.8) is 0 Å². The highest BCUT2D eigenvalue weighted by Crippen LogP contribution is 2.40. The third-order valence-corrected chi connectivity index (χ3v) is 5.54. The van der Waals surface area contributed by atoms with Crippen LogP contribution in [0, 0.1) is 17.3 Å². The van der Waals surface area contributed by atoms with E-state index in [9.17, 15) is 9.59 Å². The Morgan fingerprint density at radius 2 is 1.86 bits per heavy atom. The van der Waals surface area contributed by atoms with E-state index in [2.05, 4.69) is 17.6 Å². The third-order valence-electron chi connectivity index (χ3n) is 5.54. The zero-order valence-corrected chi connectivity index (χ0v) is 13.0. The van der Waals surface area contributed by atoms with Gasteiger partial charge in [-0.15, -0.1) is 0 Å². The summed E-state index contributed by atoms with van der Waals surface area (Å²) in [5.74, 6) is -0.933. The molecule has 2 aliphatic carbocycles. The lowest BCUT2D eigenvalue weighted by atomic mass is 9.83. The highest BCUT2D eigenvalue weighted by molar-refractivity contribution is 5.74. The number of hydrogen-bond acceptors (Lipinski definition) is 2. The van der Waals surface area contributed by atoms with Crippen molar-refractivity contribution in [3.05, 3.63) is 0 Å². The SMILES string of the molecule is CCC1(CNC(=O)NCC2CCCC2C(=O)O)CCCC1. The summed E-state index contributed by atoms with van der Waals surface area (Å²) in [5.41, 5.74) is 0.286. The summed E-state index contributed by atoms with van der Waals surface area (Å²) in [6, 6.07) is -0.147. The van der Waals surface area contributed by atoms with Gasteiger partial charge in [0.05, 0.1) is 5.92 Å². The van der Waals surface area contributed by atoms with Crippen LogP contribution in [0.25, 0.3) is 0 Å². The van der Waals surface area contributed by atoms with Crippen LogP contribution in [0.15, 0.2) is 0 Å². The van der Waals surface area contributed by atoms with Crippen LogP contribution < -0.4 is 10.6 Å². The van der Waals surface area contributed by atoms with Gasteiger partial charge in [0.1, 0.15) is 0 Å². The lowest BCUT2D eigenvalue weighted by Gasteiger charge is -2.28. The number of carbonyl (C=O) groups is 2. The summed E-state index contributed by atoms with van der Waals surface area (Å²) in [6.45, 7) is 3.41. The number of urea groups is 1. The van der Waals surface area contributed by atoms with Crippen molar-refractivity contribution in [2.45, 2.75) is 58.3 Å². The Hall–Kier alpha value is -1.26. The van der Waals surface area contributed by atoms with E-state index in [-0.39, 0.29) is 23.3 Å². The fraction of sp³-hybridized carbons (Fsp3) is 0.875. The van der Waals surface area contributed by atoms with Crippen molar-refractivity contribution in [2.75, 3.05) is 13.1 Å². The van der Waals surface area contributed by atoms with Crippen molar-refractivity contribution >= 4 is 12.0 Å². The second-order valence-corrected chi connectivity index (χ2v) is 6.76. The molecule has 2 rings (SSSR count). The van der Waals surface area contributed by atoms with Crippen molar-refractivity contribution < 1.29 is 14.7 Å². The maximum atomic E-state index is 11.9. The van der Waals surface area contributed by atoms with Gasteiger partial charge >= 0.3 is 12.0 Å². The van der Waals surface area contributed by atoms with Crippen LogP contribution in [0.5, 0.6) is 0 Å². The molecule has 0 aromatic carbocycles. The van der Waals surface area contributed by atoms with Gasteiger partial charge < -0.3 is 15.7 Å². The van der Waals surface area contributed by atoms with E-state index in [1.54, 1.807) is 0 Å². The molecule has 3 N–H and O–H groups in total. The number of nitrogens with one attached hydrogen (secondary N) is 2.